The number of aryl methyl sites for hydroxylation is 1. The highest BCUT2D eigenvalue weighted by atomic mass is 79.9. The van der Waals surface area contributed by atoms with Crippen LogP contribution in [0.5, 0.6) is 0 Å². The molecule has 0 saturated carbocycles. The van der Waals surface area contributed by atoms with Crippen molar-refractivity contribution in [3.05, 3.63) is 63.9 Å². The van der Waals surface area contributed by atoms with E-state index in [1.165, 1.54) is 0 Å². The standard InChI is InChI=1S/C14H14BrNO/c1-10-5-4-7-12(14(10)15)13(17)9-11-6-2-3-8-16-11/h2-8,13,17H,9H2,1H3. The van der Waals surface area contributed by atoms with Gasteiger partial charge < -0.3 is 5.11 Å². The number of halogens is 1. The summed E-state index contributed by atoms with van der Waals surface area (Å²) in [6.07, 6.45) is 1.75. The molecule has 1 aromatic heterocycles. The van der Waals surface area contributed by atoms with Gasteiger partial charge in [0.2, 0.25) is 0 Å². The highest BCUT2D eigenvalue weighted by Gasteiger charge is 2.13. The smallest absolute Gasteiger partial charge is 0.0856 e. The molecule has 1 unspecified atom stereocenters. The zero-order valence-electron chi connectivity index (χ0n) is 9.60. The first-order valence-corrected chi connectivity index (χ1v) is 6.31. The minimum Gasteiger partial charge on any atom is -0.388 e. The van der Waals surface area contributed by atoms with Gasteiger partial charge in [0.15, 0.2) is 0 Å². The highest BCUT2D eigenvalue weighted by Crippen LogP contribution is 2.28. The SMILES string of the molecule is Cc1cccc(C(O)Cc2ccccn2)c1Br. The molecule has 0 bridgehead atoms. The van der Waals surface area contributed by atoms with Gasteiger partial charge in [-0.15, -0.1) is 0 Å². The van der Waals surface area contributed by atoms with Crippen molar-refractivity contribution in [2.75, 3.05) is 0 Å². The quantitative estimate of drug-likeness (QED) is 0.940. The number of hydrogen-bond donors (Lipinski definition) is 1. The van der Waals surface area contributed by atoms with Gasteiger partial charge in [0, 0.05) is 22.8 Å². The summed E-state index contributed by atoms with van der Waals surface area (Å²) in [7, 11) is 0. The van der Waals surface area contributed by atoms with Crippen LogP contribution in [0, 0.1) is 6.92 Å². The number of aromatic nitrogens is 1. The molecule has 0 radical (unpaired) electrons. The molecule has 2 aromatic rings. The summed E-state index contributed by atoms with van der Waals surface area (Å²) in [5.74, 6) is 0. The summed E-state index contributed by atoms with van der Waals surface area (Å²) >= 11 is 3.51. The van der Waals surface area contributed by atoms with Crippen molar-refractivity contribution in [2.45, 2.75) is 19.4 Å². The van der Waals surface area contributed by atoms with E-state index in [4.69, 9.17) is 0 Å². The lowest BCUT2D eigenvalue weighted by Crippen LogP contribution is -2.04. The predicted molar refractivity (Wildman–Crippen MR) is 71.8 cm³/mol. The Kier molecular flexibility index (Phi) is 3.92. The van der Waals surface area contributed by atoms with Crippen LogP contribution < -0.4 is 0 Å². The van der Waals surface area contributed by atoms with Crippen LogP contribution in [-0.4, -0.2) is 10.1 Å². The molecule has 0 spiro atoms. The summed E-state index contributed by atoms with van der Waals surface area (Å²) in [6, 6.07) is 11.6. The molecule has 1 N–H and O–H groups in total. The van der Waals surface area contributed by atoms with Crippen molar-refractivity contribution in [3.8, 4) is 0 Å². The van der Waals surface area contributed by atoms with Crippen molar-refractivity contribution in [2.24, 2.45) is 0 Å². The average Bonchev–Trinajstić information content (AvgIpc) is 2.34. The highest BCUT2D eigenvalue weighted by molar-refractivity contribution is 9.10. The third-order valence-electron chi connectivity index (χ3n) is 2.71. The van der Waals surface area contributed by atoms with E-state index in [0.717, 1.165) is 21.3 Å². The fourth-order valence-electron chi connectivity index (χ4n) is 1.75. The second-order valence-corrected chi connectivity index (χ2v) is 4.81. The van der Waals surface area contributed by atoms with E-state index in [-0.39, 0.29) is 0 Å². The molecule has 88 valence electrons. The lowest BCUT2D eigenvalue weighted by atomic mass is 10.0. The second kappa shape index (κ2) is 5.43. The molecule has 0 aliphatic heterocycles. The number of aliphatic hydroxyl groups is 1. The largest absolute Gasteiger partial charge is 0.388 e. The number of pyridine rings is 1. The molecule has 3 heteroatoms. The van der Waals surface area contributed by atoms with E-state index < -0.39 is 6.10 Å². The molecule has 0 aliphatic rings. The molecular weight excluding hydrogens is 278 g/mol. The number of hydrogen-bond acceptors (Lipinski definition) is 2. The number of rotatable bonds is 3. The van der Waals surface area contributed by atoms with Gasteiger partial charge >= 0.3 is 0 Å². The molecule has 1 atom stereocenters. The summed E-state index contributed by atoms with van der Waals surface area (Å²) in [5, 5.41) is 10.2. The van der Waals surface area contributed by atoms with E-state index in [0.29, 0.717) is 6.42 Å². The van der Waals surface area contributed by atoms with Crippen molar-refractivity contribution >= 4 is 15.9 Å². The van der Waals surface area contributed by atoms with Crippen LogP contribution in [0.4, 0.5) is 0 Å². The maximum atomic E-state index is 10.2. The van der Waals surface area contributed by atoms with Gasteiger partial charge in [0.1, 0.15) is 0 Å². The van der Waals surface area contributed by atoms with E-state index in [9.17, 15) is 5.11 Å². The third kappa shape index (κ3) is 2.93. The van der Waals surface area contributed by atoms with Crippen molar-refractivity contribution < 1.29 is 5.11 Å². The molecule has 2 nitrogen and oxygen atoms in total. The minimum absolute atomic E-state index is 0.529. The topological polar surface area (TPSA) is 33.1 Å². The van der Waals surface area contributed by atoms with Gasteiger partial charge in [-0.3, -0.25) is 4.98 Å². The number of benzene rings is 1. The lowest BCUT2D eigenvalue weighted by molar-refractivity contribution is 0.176. The van der Waals surface area contributed by atoms with Gasteiger partial charge in [0.05, 0.1) is 6.10 Å². The van der Waals surface area contributed by atoms with E-state index in [1.54, 1.807) is 6.20 Å². The van der Waals surface area contributed by atoms with Gasteiger partial charge in [-0.25, -0.2) is 0 Å². The molecular formula is C14H14BrNO. The minimum atomic E-state index is -0.529. The van der Waals surface area contributed by atoms with Crippen LogP contribution in [0.2, 0.25) is 0 Å². The summed E-state index contributed by atoms with van der Waals surface area (Å²) in [6.45, 7) is 2.01. The molecule has 1 aromatic carbocycles. The summed E-state index contributed by atoms with van der Waals surface area (Å²) in [5.41, 5.74) is 2.94. The van der Waals surface area contributed by atoms with E-state index in [2.05, 4.69) is 20.9 Å². The van der Waals surface area contributed by atoms with Gasteiger partial charge in [-0.2, -0.15) is 0 Å². The summed E-state index contributed by atoms with van der Waals surface area (Å²) < 4.78 is 0.975. The zero-order chi connectivity index (χ0) is 12.3. The Morgan fingerprint density at radius 2 is 2.06 bits per heavy atom. The first kappa shape index (κ1) is 12.3. The zero-order valence-corrected chi connectivity index (χ0v) is 11.2. The predicted octanol–water partition coefficient (Wildman–Crippen LogP) is 3.43. The average molecular weight is 292 g/mol. The first-order valence-electron chi connectivity index (χ1n) is 5.51. The Morgan fingerprint density at radius 1 is 1.24 bits per heavy atom. The van der Waals surface area contributed by atoms with Crippen molar-refractivity contribution in [1.82, 2.24) is 4.98 Å². The Balaban J connectivity index is 2.20. The Morgan fingerprint density at radius 3 is 2.76 bits per heavy atom. The Bertz CT molecular complexity index is 499. The lowest BCUT2D eigenvalue weighted by Gasteiger charge is -2.13. The maximum absolute atomic E-state index is 10.2. The second-order valence-electron chi connectivity index (χ2n) is 4.02. The molecule has 17 heavy (non-hydrogen) atoms. The Hall–Kier alpha value is -1.19. The maximum Gasteiger partial charge on any atom is 0.0856 e. The molecule has 0 amide bonds. The van der Waals surface area contributed by atoms with Crippen molar-refractivity contribution in [1.29, 1.82) is 0 Å². The van der Waals surface area contributed by atoms with Crippen LogP contribution in [0.25, 0.3) is 0 Å². The molecule has 2 rings (SSSR count). The normalized spacial score (nSPS) is 12.4. The fourth-order valence-corrected chi connectivity index (χ4v) is 2.28. The fraction of sp³-hybridized carbons (Fsp3) is 0.214. The molecule has 0 aliphatic carbocycles. The van der Waals surface area contributed by atoms with Crippen LogP contribution in [0.3, 0.4) is 0 Å². The van der Waals surface area contributed by atoms with Gasteiger partial charge in [0.25, 0.3) is 0 Å². The van der Waals surface area contributed by atoms with E-state index >= 15 is 0 Å². The molecule has 1 heterocycles. The summed E-state index contributed by atoms with van der Waals surface area (Å²) in [4.78, 5) is 4.22. The van der Waals surface area contributed by atoms with Gasteiger partial charge in [-0.05, 0) is 30.2 Å². The molecule has 0 fully saturated rings. The van der Waals surface area contributed by atoms with Crippen LogP contribution in [-0.2, 0) is 6.42 Å². The Labute approximate surface area is 109 Å². The number of aliphatic hydroxyl groups excluding tert-OH is 1. The molecule has 0 saturated heterocycles. The van der Waals surface area contributed by atoms with Crippen LogP contribution >= 0.6 is 15.9 Å². The van der Waals surface area contributed by atoms with Gasteiger partial charge in [-0.1, -0.05) is 40.2 Å². The number of nitrogens with zero attached hydrogens (tertiary/aromatic N) is 1. The van der Waals surface area contributed by atoms with E-state index in [1.807, 2.05) is 43.3 Å². The third-order valence-corrected chi connectivity index (χ3v) is 3.79. The monoisotopic (exact) mass is 291 g/mol. The van der Waals surface area contributed by atoms with Crippen LogP contribution in [0.1, 0.15) is 22.9 Å². The first-order chi connectivity index (χ1) is 8.18. The van der Waals surface area contributed by atoms with Crippen molar-refractivity contribution in [3.63, 3.8) is 0 Å². The van der Waals surface area contributed by atoms with Crippen LogP contribution in [0.15, 0.2) is 47.1 Å².